The first kappa shape index (κ1) is 17.0. The van der Waals surface area contributed by atoms with Gasteiger partial charge in [0.2, 0.25) is 5.91 Å². The van der Waals surface area contributed by atoms with E-state index in [1.54, 1.807) is 0 Å². The topological polar surface area (TPSA) is 20.3 Å². The maximum atomic E-state index is 13.1. The van der Waals surface area contributed by atoms with Crippen LogP contribution < -0.4 is 0 Å². The molecule has 132 valence electrons. The number of nitrogens with zero attached hydrogens (tertiary/aromatic N) is 1. The van der Waals surface area contributed by atoms with Crippen LogP contribution in [0.2, 0.25) is 0 Å². The minimum absolute atomic E-state index is 0.0504. The number of thiophene rings is 1. The van der Waals surface area contributed by atoms with Gasteiger partial charge in [-0.25, -0.2) is 0 Å². The van der Waals surface area contributed by atoms with Crippen molar-refractivity contribution in [2.45, 2.75) is 32.2 Å². The lowest BCUT2D eigenvalue weighted by Gasteiger charge is -2.37. The monoisotopic (exact) mass is 361 g/mol. The average molecular weight is 362 g/mol. The van der Waals surface area contributed by atoms with Crippen LogP contribution >= 0.6 is 11.3 Å². The number of hydrogen-bond acceptors (Lipinski definition) is 2. The number of benzene rings is 2. The Balaban J connectivity index is 1.62. The Hall–Kier alpha value is -2.39. The maximum absolute atomic E-state index is 13.1. The number of hydrogen-bond donors (Lipinski definition) is 0. The summed E-state index contributed by atoms with van der Waals surface area (Å²) in [6.45, 7) is 2.95. The Morgan fingerprint density at radius 2 is 1.81 bits per heavy atom. The summed E-state index contributed by atoms with van der Waals surface area (Å²) >= 11 is 1.82. The molecule has 0 bridgehead atoms. The van der Waals surface area contributed by atoms with Gasteiger partial charge in [0.25, 0.3) is 0 Å². The Bertz CT molecular complexity index is 899. The predicted octanol–water partition coefficient (Wildman–Crippen LogP) is 5.16. The number of aryl methyl sites for hydroxylation is 2. The molecule has 1 aliphatic heterocycles. The summed E-state index contributed by atoms with van der Waals surface area (Å²) in [6, 6.07) is 21.0. The van der Waals surface area contributed by atoms with Crippen molar-refractivity contribution in [1.29, 1.82) is 0 Å². The molecule has 0 fully saturated rings. The first-order valence-corrected chi connectivity index (χ1v) is 10.1. The van der Waals surface area contributed by atoms with Crippen molar-refractivity contribution in [2.24, 2.45) is 0 Å². The SMILES string of the molecule is Cc1ccccc1[C@@H]1c2ccsc2CCN1C(=O)CCc1ccccc1. The lowest BCUT2D eigenvalue weighted by molar-refractivity contribution is -0.133. The van der Waals surface area contributed by atoms with Gasteiger partial charge in [0, 0.05) is 17.8 Å². The van der Waals surface area contributed by atoms with Gasteiger partial charge in [0.05, 0.1) is 6.04 Å². The summed E-state index contributed by atoms with van der Waals surface area (Å²) < 4.78 is 0. The molecule has 1 amide bonds. The Morgan fingerprint density at radius 3 is 2.62 bits per heavy atom. The van der Waals surface area contributed by atoms with Crippen molar-refractivity contribution in [1.82, 2.24) is 4.90 Å². The minimum Gasteiger partial charge on any atom is -0.331 e. The van der Waals surface area contributed by atoms with Crippen LogP contribution in [0.5, 0.6) is 0 Å². The molecule has 0 spiro atoms. The van der Waals surface area contributed by atoms with Gasteiger partial charge < -0.3 is 4.90 Å². The number of carbonyl (C=O) groups is 1. The molecule has 0 unspecified atom stereocenters. The third-order valence-electron chi connectivity index (χ3n) is 5.24. The van der Waals surface area contributed by atoms with Crippen molar-refractivity contribution >= 4 is 17.2 Å². The molecule has 3 aromatic rings. The van der Waals surface area contributed by atoms with Crippen LogP contribution in [-0.2, 0) is 17.6 Å². The molecule has 1 atom stereocenters. The van der Waals surface area contributed by atoms with Gasteiger partial charge in [0.1, 0.15) is 0 Å². The highest BCUT2D eigenvalue weighted by molar-refractivity contribution is 7.10. The third kappa shape index (κ3) is 3.32. The highest BCUT2D eigenvalue weighted by Gasteiger charge is 2.33. The average Bonchev–Trinajstić information content (AvgIpc) is 3.15. The van der Waals surface area contributed by atoms with E-state index in [4.69, 9.17) is 0 Å². The Kier molecular flexibility index (Phi) is 4.89. The van der Waals surface area contributed by atoms with Crippen LogP contribution in [-0.4, -0.2) is 17.4 Å². The minimum atomic E-state index is 0.0504. The summed E-state index contributed by atoms with van der Waals surface area (Å²) in [5.41, 5.74) is 5.03. The van der Waals surface area contributed by atoms with Gasteiger partial charge in [-0.2, -0.15) is 0 Å². The van der Waals surface area contributed by atoms with Crippen molar-refractivity contribution in [3.8, 4) is 0 Å². The molecule has 1 aliphatic rings. The molecule has 0 saturated carbocycles. The molecular formula is C23H23NOS. The van der Waals surface area contributed by atoms with E-state index in [-0.39, 0.29) is 11.9 Å². The van der Waals surface area contributed by atoms with Crippen molar-refractivity contribution in [3.05, 3.63) is 93.2 Å². The van der Waals surface area contributed by atoms with E-state index in [9.17, 15) is 4.79 Å². The molecule has 0 saturated heterocycles. The van der Waals surface area contributed by atoms with Crippen LogP contribution in [0.4, 0.5) is 0 Å². The van der Waals surface area contributed by atoms with E-state index in [0.29, 0.717) is 6.42 Å². The van der Waals surface area contributed by atoms with Crippen LogP contribution in [0.15, 0.2) is 66.0 Å². The summed E-state index contributed by atoms with van der Waals surface area (Å²) in [4.78, 5) is 16.6. The Labute approximate surface area is 159 Å². The van der Waals surface area contributed by atoms with Gasteiger partial charge in [-0.1, -0.05) is 54.6 Å². The molecule has 0 N–H and O–H groups in total. The molecule has 0 radical (unpaired) electrons. The number of rotatable bonds is 4. The van der Waals surface area contributed by atoms with Crippen LogP contribution in [0.25, 0.3) is 0 Å². The van der Waals surface area contributed by atoms with E-state index in [1.807, 2.05) is 29.5 Å². The zero-order chi connectivity index (χ0) is 17.9. The fourth-order valence-corrected chi connectivity index (χ4v) is 4.76. The second-order valence-corrected chi connectivity index (χ2v) is 7.88. The summed E-state index contributed by atoms with van der Waals surface area (Å²) in [7, 11) is 0. The quantitative estimate of drug-likeness (QED) is 0.628. The predicted molar refractivity (Wildman–Crippen MR) is 108 cm³/mol. The van der Waals surface area contributed by atoms with Crippen molar-refractivity contribution in [3.63, 3.8) is 0 Å². The molecule has 3 heteroatoms. The van der Waals surface area contributed by atoms with E-state index in [0.717, 1.165) is 19.4 Å². The fourth-order valence-electron chi connectivity index (χ4n) is 3.85. The Morgan fingerprint density at radius 1 is 1.04 bits per heavy atom. The van der Waals surface area contributed by atoms with E-state index >= 15 is 0 Å². The molecule has 1 aromatic heterocycles. The van der Waals surface area contributed by atoms with Crippen molar-refractivity contribution < 1.29 is 4.79 Å². The van der Waals surface area contributed by atoms with Gasteiger partial charge in [0.15, 0.2) is 0 Å². The highest BCUT2D eigenvalue weighted by atomic mass is 32.1. The number of fused-ring (bicyclic) bond motifs is 1. The molecular weight excluding hydrogens is 338 g/mol. The van der Waals surface area contributed by atoms with E-state index in [2.05, 4.69) is 59.7 Å². The summed E-state index contributed by atoms with van der Waals surface area (Å²) in [6.07, 6.45) is 2.32. The van der Waals surface area contributed by atoms with E-state index in [1.165, 1.54) is 27.1 Å². The molecule has 2 heterocycles. The third-order valence-corrected chi connectivity index (χ3v) is 6.24. The zero-order valence-electron chi connectivity index (χ0n) is 15.0. The van der Waals surface area contributed by atoms with Gasteiger partial charge >= 0.3 is 0 Å². The zero-order valence-corrected chi connectivity index (χ0v) is 15.8. The van der Waals surface area contributed by atoms with Gasteiger partial charge in [-0.05, 0) is 53.5 Å². The first-order valence-electron chi connectivity index (χ1n) is 9.19. The van der Waals surface area contributed by atoms with Crippen LogP contribution in [0, 0.1) is 6.92 Å². The number of carbonyl (C=O) groups excluding carboxylic acids is 1. The molecule has 4 rings (SSSR count). The smallest absolute Gasteiger partial charge is 0.223 e. The second kappa shape index (κ2) is 7.46. The molecule has 2 nitrogen and oxygen atoms in total. The lowest BCUT2D eigenvalue weighted by atomic mass is 9.90. The summed E-state index contributed by atoms with van der Waals surface area (Å²) in [5, 5.41) is 2.16. The maximum Gasteiger partial charge on any atom is 0.223 e. The summed E-state index contributed by atoms with van der Waals surface area (Å²) in [5.74, 6) is 0.249. The second-order valence-electron chi connectivity index (χ2n) is 6.88. The fraction of sp³-hybridized carbons (Fsp3) is 0.261. The normalized spacial score (nSPS) is 16.3. The number of amides is 1. The first-order chi connectivity index (χ1) is 12.7. The molecule has 0 aliphatic carbocycles. The van der Waals surface area contributed by atoms with Crippen molar-refractivity contribution in [2.75, 3.05) is 6.54 Å². The van der Waals surface area contributed by atoms with Crippen LogP contribution in [0.1, 0.15) is 39.6 Å². The highest BCUT2D eigenvalue weighted by Crippen LogP contribution is 2.39. The van der Waals surface area contributed by atoms with Gasteiger partial charge in [-0.15, -0.1) is 11.3 Å². The van der Waals surface area contributed by atoms with Gasteiger partial charge in [-0.3, -0.25) is 4.79 Å². The standard InChI is InChI=1S/C23H23NOS/c1-17-7-5-6-10-19(17)23-20-14-16-26-21(20)13-15-24(23)22(25)12-11-18-8-3-2-4-9-18/h2-10,14,16,23H,11-13,15H2,1H3/t23-/m1/s1. The van der Waals surface area contributed by atoms with E-state index < -0.39 is 0 Å². The molecule has 26 heavy (non-hydrogen) atoms. The largest absolute Gasteiger partial charge is 0.331 e. The lowest BCUT2D eigenvalue weighted by Crippen LogP contribution is -2.40. The van der Waals surface area contributed by atoms with Crippen LogP contribution in [0.3, 0.4) is 0 Å². The molecule has 2 aromatic carbocycles.